The smallest absolute Gasteiger partial charge is 0.316 e. The standard InChI is InChI=1S/C16H20N2O3/c1-11(2)12-4-6-13(7-5-12)14(19)10-18-9-8-17(3)15(20)16(18)21/h4-9,11,14,19H,10H2,1-3H3. The summed E-state index contributed by atoms with van der Waals surface area (Å²) in [6, 6.07) is 7.64. The van der Waals surface area contributed by atoms with E-state index in [4.69, 9.17) is 0 Å². The molecule has 0 bridgehead atoms. The summed E-state index contributed by atoms with van der Waals surface area (Å²) in [6.07, 6.45) is 2.20. The highest BCUT2D eigenvalue weighted by molar-refractivity contribution is 5.26. The molecular formula is C16H20N2O3. The molecule has 0 aliphatic heterocycles. The number of hydrogen-bond donors (Lipinski definition) is 1. The van der Waals surface area contributed by atoms with Crippen molar-refractivity contribution in [3.8, 4) is 0 Å². The molecule has 1 unspecified atom stereocenters. The molecule has 1 aromatic heterocycles. The molecule has 1 aromatic carbocycles. The number of aromatic nitrogens is 2. The maximum Gasteiger partial charge on any atom is 0.316 e. The van der Waals surface area contributed by atoms with E-state index in [0.29, 0.717) is 5.92 Å². The van der Waals surface area contributed by atoms with Gasteiger partial charge in [0.2, 0.25) is 0 Å². The Morgan fingerprint density at radius 2 is 1.57 bits per heavy atom. The molecule has 5 nitrogen and oxygen atoms in total. The van der Waals surface area contributed by atoms with Crippen molar-refractivity contribution in [2.75, 3.05) is 0 Å². The summed E-state index contributed by atoms with van der Waals surface area (Å²) in [6.45, 7) is 4.27. The average molecular weight is 288 g/mol. The molecule has 1 heterocycles. The van der Waals surface area contributed by atoms with E-state index in [1.54, 1.807) is 0 Å². The molecular weight excluding hydrogens is 268 g/mol. The van der Waals surface area contributed by atoms with Crippen LogP contribution in [-0.2, 0) is 13.6 Å². The zero-order valence-electron chi connectivity index (χ0n) is 12.5. The van der Waals surface area contributed by atoms with Gasteiger partial charge in [-0.05, 0) is 17.0 Å². The Bertz CT molecular complexity index is 726. The van der Waals surface area contributed by atoms with E-state index in [1.807, 2.05) is 24.3 Å². The molecule has 0 aliphatic carbocycles. The van der Waals surface area contributed by atoms with E-state index < -0.39 is 17.2 Å². The van der Waals surface area contributed by atoms with Gasteiger partial charge in [0, 0.05) is 19.4 Å². The average Bonchev–Trinajstić information content (AvgIpc) is 2.48. The summed E-state index contributed by atoms with van der Waals surface area (Å²) < 4.78 is 2.46. The van der Waals surface area contributed by atoms with E-state index in [9.17, 15) is 14.7 Å². The molecule has 0 amide bonds. The van der Waals surface area contributed by atoms with E-state index in [-0.39, 0.29) is 6.54 Å². The van der Waals surface area contributed by atoms with Gasteiger partial charge in [-0.2, -0.15) is 0 Å². The van der Waals surface area contributed by atoms with E-state index in [1.165, 1.54) is 34.1 Å². The van der Waals surface area contributed by atoms with Gasteiger partial charge in [-0.15, -0.1) is 0 Å². The van der Waals surface area contributed by atoms with E-state index in [0.717, 1.165) is 5.56 Å². The molecule has 0 radical (unpaired) electrons. The molecule has 21 heavy (non-hydrogen) atoms. The van der Waals surface area contributed by atoms with Crippen LogP contribution in [0.15, 0.2) is 46.2 Å². The Balaban J connectivity index is 2.22. The van der Waals surface area contributed by atoms with Crippen molar-refractivity contribution < 1.29 is 5.11 Å². The fourth-order valence-corrected chi connectivity index (χ4v) is 2.13. The predicted octanol–water partition coefficient (Wildman–Crippen LogP) is 1.40. The Morgan fingerprint density at radius 3 is 2.14 bits per heavy atom. The Morgan fingerprint density at radius 1 is 1.00 bits per heavy atom. The van der Waals surface area contributed by atoms with Crippen molar-refractivity contribution in [1.29, 1.82) is 0 Å². The van der Waals surface area contributed by atoms with E-state index >= 15 is 0 Å². The van der Waals surface area contributed by atoms with Crippen molar-refractivity contribution in [3.63, 3.8) is 0 Å². The van der Waals surface area contributed by atoms with Gasteiger partial charge in [0.1, 0.15) is 0 Å². The first-order chi connectivity index (χ1) is 9.90. The van der Waals surface area contributed by atoms with E-state index in [2.05, 4.69) is 13.8 Å². The molecule has 5 heteroatoms. The first-order valence-electron chi connectivity index (χ1n) is 6.94. The van der Waals surface area contributed by atoms with Crippen LogP contribution in [0.4, 0.5) is 0 Å². The van der Waals surface area contributed by atoms with Gasteiger partial charge in [-0.3, -0.25) is 9.59 Å². The maximum absolute atomic E-state index is 11.8. The highest BCUT2D eigenvalue weighted by atomic mass is 16.3. The van der Waals surface area contributed by atoms with Crippen molar-refractivity contribution in [2.24, 2.45) is 7.05 Å². The first-order valence-corrected chi connectivity index (χ1v) is 6.94. The van der Waals surface area contributed by atoms with Gasteiger partial charge < -0.3 is 14.2 Å². The minimum absolute atomic E-state index is 0.0654. The number of benzene rings is 1. The van der Waals surface area contributed by atoms with Crippen LogP contribution >= 0.6 is 0 Å². The van der Waals surface area contributed by atoms with Crippen LogP contribution in [-0.4, -0.2) is 14.2 Å². The van der Waals surface area contributed by atoms with Crippen molar-refractivity contribution in [2.45, 2.75) is 32.4 Å². The summed E-state index contributed by atoms with van der Waals surface area (Å²) in [5.41, 5.74) is 0.696. The monoisotopic (exact) mass is 288 g/mol. The fraction of sp³-hybridized carbons (Fsp3) is 0.375. The lowest BCUT2D eigenvalue weighted by atomic mass is 10.00. The molecule has 0 spiro atoms. The lowest BCUT2D eigenvalue weighted by Gasteiger charge is -2.14. The van der Waals surface area contributed by atoms with Crippen molar-refractivity contribution in [3.05, 3.63) is 68.5 Å². The van der Waals surface area contributed by atoms with Crippen LogP contribution in [0.25, 0.3) is 0 Å². The SMILES string of the molecule is CC(C)c1ccc(C(O)Cn2ccn(C)c(=O)c2=O)cc1. The Kier molecular flexibility index (Phi) is 4.43. The number of aliphatic hydroxyl groups excluding tert-OH is 1. The molecule has 0 aliphatic rings. The van der Waals surface area contributed by atoms with Gasteiger partial charge in [-0.1, -0.05) is 38.1 Å². The third-order valence-electron chi connectivity index (χ3n) is 3.59. The minimum Gasteiger partial charge on any atom is -0.387 e. The van der Waals surface area contributed by atoms with Crippen LogP contribution in [0.2, 0.25) is 0 Å². The molecule has 0 saturated heterocycles. The predicted molar refractivity (Wildman–Crippen MR) is 81.4 cm³/mol. The lowest BCUT2D eigenvalue weighted by Crippen LogP contribution is -2.40. The molecule has 1 N–H and O–H groups in total. The Labute approximate surface area is 123 Å². The quantitative estimate of drug-likeness (QED) is 0.865. The molecule has 0 fully saturated rings. The molecule has 2 aromatic rings. The highest BCUT2D eigenvalue weighted by Crippen LogP contribution is 2.19. The molecule has 0 saturated carbocycles. The zero-order chi connectivity index (χ0) is 15.6. The van der Waals surface area contributed by atoms with Crippen LogP contribution in [0.1, 0.15) is 37.0 Å². The summed E-state index contributed by atoms with van der Waals surface area (Å²) >= 11 is 0. The second kappa shape index (κ2) is 6.10. The normalized spacial score (nSPS) is 12.6. The summed E-state index contributed by atoms with van der Waals surface area (Å²) in [7, 11) is 1.52. The fourth-order valence-electron chi connectivity index (χ4n) is 2.13. The second-order valence-electron chi connectivity index (χ2n) is 5.51. The number of nitrogens with zero attached hydrogens (tertiary/aromatic N) is 2. The van der Waals surface area contributed by atoms with Gasteiger partial charge in [-0.25, -0.2) is 0 Å². The number of aryl methyl sites for hydroxylation is 1. The topological polar surface area (TPSA) is 64.2 Å². The van der Waals surface area contributed by atoms with Crippen molar-refractivity contribution >= 4 is 0 Å². The van der Waals surface area contributed by atoms with Gasteiger partial charge in [0.05, 0.1) is 12.6 Å². The van der Waals surface area contributed by atoms with Gasteiger partial charge in [0.15, 0.2) is 0 Å². The lowest BCUT2D eigenvalue weighted by molar-refractivity contribution is 0.154. The zero-order valence-corrected chi connectivity index (χ0v) is 12.5. The highest BCUT2D eigenvalue weighted by Gasteiger charge is 2.11. The summed E-state index contributed by atoms with van der Waals surface area (Å²) in [5, 5.41) is 10.2. The van der Waals surface area contributed by atoms with Crippen LogP contribution in [0.5, 0.6) is 0 Å². The Hall–Kier alpha value is -2.14. The third kappa shape index (κ3) is 3.31. The maximum atomic E-state index is 11.8. The minimum atomic E-state index is -0.823. The summed E-state index contributed by atoms with van der Waals surface area (Å²) in [4.78, 5) is 23.4. The number of aliphatic hydroxyl groups is 1. The molecule has 1 atom stereocenters. The second-order valence-corrected chi connectivity index (χ2v) is 5.51. The van der Waals surface area contributed by atoms with Gasteiger partial charge in [0.25, 0.3) is 0 Å². The van der Waals surface area contributed by atoms with Crippen LogP contribution in [0.3, 0.4) is 0 Å². The largest absolute Gasteiger partial charge is 0.387 e. The van der Waals surface area contributed by atoms with Crippen LogP contribution in [0, 0.1) is 0 Å². The third-order valence-corrected chi connectivity index (χ3v) is 3.59. The number of rotatable bonds is 4. The van der Waals surface area contributed by atoms with Crippen molar-refractivity contribution in [1.82, 2.24) is 9.13 Å². The molecule has 112 valence electrons. The summed E-state index contributed by atoms with van der Waals surface area (Å²) in [5.74, 6) is 0.427. The number of hydrogen-bond acceptors (Lipinski definition) is 3. The van der Waals surface area contributed by atoms with Crippen LogP contribution < -0.4 is 11.1 Å². The van der Waals surface area contributed by atoms with Gasteiger partial charge >= 0.3 is 11.1 Å². The first kappa shape index (κ1) is 15.3. The molecule has 2 rings (SSSR count).